The maximum atomic E-state index is 12.5. The van der Waals surface area contributed by atoms with Crippen molar-refractivity contribution in [3.63, 3.8) is 0 Å². The van der Waals surface area contributed by atoms with Gasteiger partial charge in [-0.1, -0.05) is 29.8 Å². The van der Waals surface area contributed by atoms with E-state index in [2.05, 4.69) is 0 Å². The zero-order chi connectivity index (χ0) is 17.5. The molecule has 0 heterocycles. The lowest BCUT2D eigenvalue weighted by molar-refractivity contribution is -0.114. The Kier molecular flexibility index (Phi) is 6.27. The zero-order valence-corrected chi connectivity index (χ0v) is 14.7. The van der Waals surface area contributed by atoms with Gasteiger partial charge in [-0.2, -0.15) is 0 Å². The molecule has 0 N–H and O–H groups in total. The van der Waals surface area contributed by atoms with Crippen LogP contribution in [0.2, 0.25) is 5.02 Å². The van der Waals surface area contributed by atoms with Crippen molar-refractivity contribution in [2.75, 3.05) is 25.7 Å². The fraction of sp³-hybridized carbons (Fsp3) is 0.211. The van der Waals surface area contributed by atoms with Crippen molar-refractivity contribution in [1.29, 1.82) is 0 Å². The number of hydrogen-bond acceptors (Lipinski definition) is 3. The van der Waals surface area contributed by atoms with Gasteiger partial charge in [0.15, 0.2) is 11.5 Å². The standard InChI is InChI=1S/C19H20ClNO3/c1-4-21(15-8-6-5-7-9-15)18(22)11-10-14-12-16(20)19(24-3)17(13-14)23-2/h5-13H,4H2,1-3H3/b11-10+. The monoisotopic (exact) mass is 345 g/mol. The molecule has 0 aliphatic carbocycles. The molecule has 0 aromatic heterocycles. The van der Waals surface area contributed by atoms with E-state index in [9.17, 15) is 4.79 Å². The number of hydrogen-bond donors (Lipinski definition) is 0. The highest BCUT2D eigenvalue weighted by Crippen LogP contribution is 2.36. The molecule has 24 heavy (non-hydrogen) atoms. The van der Waals surface area contributed by atoms with Crippen molar-refractivity contribution in [2.24, 2.45) is 0 Å². The van der Waals surface area contributed by atoms with Crippen LogP contribution in [0, 0.1) is 0 Å². The summed E-state index contributed by atoms with van der Waals surface area (Å²) in [6.07, 6.45) is 3.23. The molecule has 0 aliphatic rings. The Morgan fingerprint density at radius 3 is 2.46 bits per heavy atom. The van der Waals surface area contributed by atoms with Gasteiger partial charge < -0.3 is 14.4 Å². The van der Waals surface area contributed by atoms with E-state index in [1.54, 1.807) is 30.2 Å². The van der Waals surface area contributed by atoms with Crippen molar-refractivity contribution in [3.8, 4) is 11.5 Å². The summed E-state index contributed by atoms with van der Waals surface area (Å²) < 4.78 is 10.5. The molecule has 0 fully saturated rings. The number of amides is 1. The number of halogens is 1. The molecule has 0 radical (unpaired) electrons. The van der Waals surface area contributed by atoms with E-state index in [4.69, 9.17) is 21.1 Å². The largest absolute Gasteiger partial charge is 0.493 e. The summed E-state index contributed by atoms with van der Waals surface area (Å²) in [6.45, 7) is 2.52. The second-order valence-electron chi connectivity index (χ2n) is 4.99. The van der Waals surface area contributed by atoms with E-state index >= 15 is 0 Å². The number of methoxy groups -OCH3 is 2. The topological polar surface area (TPSA) is 38.8 Å². The molecule has 1 amide bonds. The molecule has 0 aliphatic heterocycles. The number of likely N-dealkylation sites (N-methyl/N-ethyl adjacent to an activating group) is 1. The fourth-order valence-electron chi connectivity index (χ4n) is 2.37. The minimum atomic E-state index is -0.102. The maximum absolute atomic E-state index is 12.5. The van der Waals surface area contributed by atoms with Crippen LogP contribution in [0.3, 0.4) is 0 Å². The Labute approximate surface area is 147 Å². The highest BCUT2D eigenvalue weighted by molar-refractivity contribution is 6.32. The first-order valence-corrected chi connectivity index (χ1v) is 7.94. The van der Waals surface area contributed by atoms with Crippen LogP contribution in [0.5, 0.6) is 11.5 Å². The number of ether oxygens (including phenoxy) is 2. The van der Waals surface area contributed by atoms with Crippen molar-refractivity contribution in [2.45, 2.75) is 6.92 Å². The fourth-order valence-corrected chi connectivity index (χ4v) is 2.66. The smallest absolute Gasteiger partial charge is 0.250 e. The van der Waals surface area contributed by atoms with Crippen molar-refractivity contribution < 1.29 is 14.3 Å². The van der Waals surface area contributed by atoms with E-state index < -0.39 is 0 Å². The van der Waals surface area contributed by atoms with Crippen molar-refractivity contribution in [3.05, 3.63) is 59.1 Å². The summed E-state index contributed by atoms with van der Waals surface area (Å²) in [5.41, 5.74) is 1.62. The van der Waals surface area contributed by atoms with E-state index in [0.717, 1.165) is 11.3 Å². The molecule has 2 aromatic rings. The lowest BCUT2D eigenvalue weighted by Crippen LogP contribution is -2.28. The molecule has 2 rings (SSSR count). The van der Waals surface area contributed by atoms with Gasteiger partial charge in [0.05, 0.1) is 19.2 Å². The molecule has 4 nitrogen and oxygen atoms in total. The Bertz CT molecular complexity index is 729. The van der Waals surface area contributed by atoms with Crippen LogP contribution in [0.25, 0.3) is 6.08 Å². The van der Waals surface area contributed by atoms with Crippen LogP contribution in [0.4, 0.5) is 5.69 Å². The number of anilines is 1. The normalized spacial score (nSPS) is 10.7. The van der Waals surface area contributed by atoms with E-state index in [1.807, 2.05) is 37.3 Å². The molecule has 0 saturated carbocycles. The van der Waals surface area contributed by atoms with E-state index in [1.165, 1.54) is 13.2 Å². The first-order valence-electron chi connectivity index (χ1n) is 7.56. The summed E-state index contributed by atoms with van der Waals surface area (Å²) in [4.78, 5) is 14.2. The molecule has 5 heteroatoms. The van der Waals surface area contributed by atoms with Gasteiger partial charge >= 0.3 is 0 Å². The number of carbonyl (C=O) groups excluding carboxylic acids is 1. The van der Waals surface area contributed by atoms with Crippen LogP contribution in [0.1, 0.15) is 12.5 Å². The predicted molar refractivity (Wildman–Crippen MR) is 98.1 cm³/mol. The van der Waals surface area contributed by atoms with Crippen LogP contribution >= 0.6 is 11.6 Å². The third-order valence-electron chi connectivity index (χ3n) is 3.52. The second kappa shape index (κ2) is 8.41. The second-order valence-corrected chi connectivity index (χ2v) is 5.40. The third kappa shape index (κ3) is 4.09. The first-order chi connectivity index (χ1) is 11.6. The molecular formula is C19H20ClNO3. The zero-order valence-electron chi connectivity index (χ0n) is 14.0. The maximum Gasteiger partial charge on any atom is 0.250 e. The molecule has 0 bridgehead atoms. The minimum absolute atomic E-state index is 0.102. The first kappa shape index (κ1) is 17.9. The van der Waals surface area contributed by atoms with Gasteiger partial charge in [0.25, 0.3) is 5.91 Å². The van der Waals surface area contributed by atoms with E-state index in [0.29, 0.717) is 23.1 Å². The molecular weight excluding hydrogens is 326 g/mol. The van der Waals surface area contributed by atoms with Gasteiger partial charge in [-0.05, 0) is 42.8 Å². The summed E-state index contributed by atoms with van der Waals surface area (Å²) >= 11 is 6.18. The van der Waals surface area contributed by atoms with Crippen LogP contribution < -0.4 is 14.4 Å². The molecule has 0 saturated heterocycles. The summed E-state index contributed by atoms with van der Waals surface area (Å²) in [6, 6.07) is 13.0. The lowest BCUT2D eigenvalue weighted by Gasteiger charge is -2.19. The van der Waals surface area contributed by atoms with Crippen LogP contribution in [-0.4, -0.2) is 26.7 Å². The number of nitrogens with zero attached hydrogens (tertiary/aromatic N) is 1. The predicted octanol–water partition coefficient (Wildman–Crippen LogP) is 4.42. The summed E-state index contributed by atoms with van der Waals surface area (Å²) in [5, 5.41) is 0.430. The van der Waals surface area contributed by atoms with Gasteiger partial charge in [0, 0.05) is 18.3 Å². The van der Waals surface area contributed by atoms with Crippen LogP contribution in [0.15, 0.2) is 48.5 Å². The minimum Gasteiger partial charge on any atom is -0.493 e. The van der Waals surface area contributed by atoms with Gasteiger partial charge in [-0.15, -0.1) is 0 Å². The summed E-state index contributed by atoms with van der Waals surface area (Å²) in [7, 11) is 3.07. The molecule has 0 unspecified atom stereocenters. The van der Waals surface area contributed by atoms with Crippen molar-refractivity contribution in [1.82, 2.24) is 0 Å². The Hall–Kier alpha value is -2.46. The molecule has 0 spiro atoms. The number of carbonyl (C=O) groups is 1. The van der Waals surface area contributed by atoms with Gasteiger partial charge in [0.1, 0.15) is 0 Å². The number of benzene rings is 2. The third-order valence-corrected chi connectivity index (χ3v) is 3.81. The lowest BCUT2D eigenvalue weighted by atomic mass is 10.1. The van der Waals surface area contributed by atoms with Gasteiger partial charge in [-0.3, -0.25) is 4.79 Å². The summed E-state index contributed by atoms with van der Waals surface area (Å²) in [5.74, 6) is 0.893. The number of para-hydroxylation sites is 1. The SMILES string of the molecule is CCN(C(=O)/C=C/c1cc(Cl)c(OC)c(OC)c1)c1ccccc1. The Morgan fingerprint density at radius 2 is 1.88 bits per heavy atom. The highest BCUT2D eigenvalue weighted by Gasteiger charge is 2.12. The Balaban J connectivity index is 2.23. The highest BCUT2D eigenvalue weighted by atomic mass is 35.5. The van der Waals surface area contributed by atoms with Gasteiger partial charge in [0.2, 0.25) is 0 Å². The van der Waals surface area contributed by atoms with E-state index in [-0.39, 0.29) is 5.91 Å². The quantitative estimate of drug-likeness (QED) is 0.727. The van der Waals surface area contributed by atoms with Crippen molar-refractivity contribution >= 4 is 29.3 Å². The van der Waals surface area contributed by atoms with Gasteiger partial charge in [-0.25, -0.2) is 0 Å². The molecule has 2 aromatic carbocycles. The molecule has 126 valence electrons. The van der Waals surface area contributed by atoms with Crippen LogP contribution in [-0.2, 0) is 4.79 Å². The Morgan fingerprint density at radius 1 is 1.17 bits per heavy atom. The molecule has 0 atom stereocenters. The average Bonchev–Trinajstić information content (AvgIpc) is 2.61. The number of rotatable bonds is 6. The average molecular weight is 346 g/mol.